The maximum absolute atomic E-state index is 12.9. The number of halogens is 1. The molecule has 1 aromatic heterocycles. The number of aromatic nitrogens is 2. The Morgan fingerprint density at radius 1 is 1.12 bits per heavy atom. The molecule has 160 valence electrons. The number of para-hydroxylation sites is 1. The first kappa shape index (κ1) is 21.1. The van der Waals surface area contributed by atoms with Crippen molar-refractivity contribution in [2.24, 2.45) is 5.10 Å². The third-order valence-corrected chi connectivity index (χ3v) is 4.93. The molecule has 0 aliphatic rings. The lowest BCUT2D eigenvalue weighted by molar-refractivity contribution is 0.0955. The molecule has 0 spiro atoms. The van der Waals surface area contributed by atoms with Crippen LogP contribution in [0.2, 0.25) is 5.02 Å². The highest BCUT2D eigenvalue weighted by atomic mass is 35.5. The zero-order chi connectivity index (χ0) is 22.5. The molecule has 0 bridgehead atoms. The summed E-state index contributed by atoms with van der Waals surface area (Å²) in [5, 5.41) is 18.9. The summed E-state index contributed by atoms with van der Waals surface area (Å²) >= 11 is 6.01. The predicted octanol–water partition coefficient (Wildman–Crippen LogP) is 4.67. The van der Waals surface area contributed by atoms with Crippen LogP contribution in [0.4, 0.5) is 0 Å². The van der Waals surface area contributed by atoms with Crippen LogP contribution in [0, 0.1) is 0 Å². The summed E-state index contributed by atoms with van der Waals surface area (Å²) < 4.78 is 6.73. The predicted molar refractivity (Wildman–Crippen MR) is 124 cm³/mol. The summed E-state index contributed by atoms with van der Waals surface area (Å²) in [5.41, 5.74) is 5.62. The Labute approximate surface area is 189 Å². The van der Waals surface area contributed by atoms with E-state index in [2.05, 4.69) is 15.6 Å². The molecule has 0 saturated heterocycles. The van der Waals surface area contributed by atoms with Crippen molar-refractivity contribution in [1.82, 2.24) is 15.2 Å². The minimum atomic E-state index is -0.417. The first-order valence-corrected chi connectivity index (χ1v) is 10.0. The Kier molecular flexibility index (Phi) is 6.19. The van der Waals surface area contributed by atoms with E-state index in [9.17, 15) is 9.90 Å². The number of carbonyl (C=O) groups is 1. The van der Waals surface area contributed by atoms with Crippen molar-refractivity contribution >= 4 is 23.7 Å². The van der Waals surface area contributed by atoms with Crippen LogP contribution >= 0.6 is 11.6 Å². The first-order valence-electron chi connectivity index (χ1n) is 9.66. The molecule has 4 rings (SSSR count). The number of hydrogen-bond acceptors (Lipinski definition) is 5. The van der Waals surface area contributed by atoms with Crippen molar-refractivity contribution in [2.45, 2.75) is 0 Å². The van der Waals surface area contributed by atoms with Crippen LogP contribution in [0.1, 0.15) is 15.9 Å². The smallest absolute Gasteiger partial charge is 0.275 e. The van der Waals surface area contributed by atoms with Gasteiger partial charge < -0.3 is 9.84 Å². The standard InChI is InChI=1S/C24H19ClN4O3/c1-32-22-13-16(7-12-21(22)30)14-26-27-24(31)20-15-29(19-5-3-2-4-6-19)28-23(20)17-8-10-18(25)11-9-17/h2-15,30H,1H3,(H,27,31). The van der Waals surface area contributed by atoms with Crippen LogP contribution in [0.15, 0.2) is 84.1 Å². The topological polar surface area (TPSA) is 88.7 Å². The van der Waals surface area contributed by atoms with Crippen LogP contribution in [0.3, 0.4) is 0 Å². The van der Waals surface area contributed by atoms with E-state index in [1.807, 2.05) is 42.5 Å². The highest BCUT2D eigenvalue weighted by Crippen LogP contribution is 2.26. The average Bonchev–Trinajstić information content (AvgIpc) is 3.27. The lowest BCUT2D eigenvalue weighted by Gasteiger charge is -2.04. The number of benzene rings is 3. The van der Waals surface area contributed by atoms with Gasteiger partial charge in [0.15, 0.2) is 11.5 Å². The molecule has 0 aliphatic heterocycles. The Hall–Kier alpha value is -4.10. The van der Waals surface area contributed by atoms with Crippen molar-refractivity contribution in [3.63, 3.8) is 0 Å². The summed E-state index contributed by atoms with van der Waals surface area (Å²) in [7, 11) is 1.46. The molecule has 0 fully saturated rings. The van der Waals surface area contributed by atoms with Crippen molar-refractivity contribution < 1.29 is 14.6 Å². The van der Waals surface area contributed by atoms with Crippen LogP contribution < -0.4 is 10.2 Å². The zero-order valence-electron chi connectivity index (χ0n) is 17.1. The number of aromatic hydroxyl groups is 1. The normalized spacial score (nSPS) is 10.9. The fourth-order valence-corrected chi connectivity index (χ4v) is 3.20. The summed E-state index contributed by atoms with van der Waals surface area (Å²) in [4.78, 5) is 12.9. The monoisotopic (exact) mass is 446 g/mol. The quantitative estimate of drug-likeness (QED) is 0.332. The molecule has 1 amide bonds. The average molecular weight is 447 g/mol. The van der Waals surface area contributed by atoms with Gasteiger partial charge in [-0.2, -0.15) is 10.2 Å². The maximum Gasteiger partial charge on any atom is 0.275 e. The van der Waals surface area contributed by atoms with Crippen molar-refractivity contribution in [3.05, 3.63) is 95.1 Å². The number of phenols is 1. The molecule has 0 radical (unpaired) electrons. The van der Waals surface area contributed by atoms with E-state index in [1.165, 1.54) is 19.4 Å². The summed E-state index contributed by atoms with van der Waals surface area (Å²) in [6.07, 6.45) is 3.12. The van der Waals surface area contributed by atoms with Crippen LogP contribution in [-0.4, -0.2) is 34.1 Å². The van der Waals surface area contributed by atoms with Gasteiger partial charge in [-0.15, -0.1) is 0 Å². The number of methoxy groups -OCH3 is 1. The largest absolute Gasteiger partial charge is 0.504 e. The van der Waals surface area contributed by atoms with Gasteiger partial charge in [0.05, 0.1) is 24.6 Å². The minimum Gasteiger partial charge on any atom is -0.504 e. The molecule has 32 heavy (non-hydrogen) atoms. The highest BCUT2D eigenvalue weighted by molar-refractivity contribution is 6.30. The molecule has 8 heteroatoms. The second kappa shape index (κ2) is 9.36. The third-order valence-electron chi connectivity index (χ3n) is 4.68. The number of nitrogens with one attached hydrogen (secondary N) is 1. The van der Waals surface area contributed by atoms with Gasteiger partial charge >= 0.3 is 0 Å². The number of rotatable bonds is 6. The molecule has 1 heterocycles. The van der Waals surface area contributed by atoms with Crippen molar-refractivity contribution in [1.29, 1.82) is 0 Å². The number of ether oxygens (including phenoxy) is 1. The van der Waals surface area contributed by atoms with Crippen LogP contribution in [-0.2, 0) is 0 Å². The van der Waals surface area contributed by atoms with Gasteiger partial charge in [0.2, 0.25) is 0 Å². The highest BCUT2D eigenvalue weighted by Gasteiger charge is 2.18. The summed E-state index contributed by atoms with van der Waals surface area (Å²) in [6.45, 7) is 0. The Morgan fingerprint density at radius 3 is 2.59 bits per heavy atom. The Morgan fingerprint density at radius 2 is 1.88 bits per heavy atom. The minimum absolute atomic E-state index is 0.0228. The fraction of sp³-hybridized carbons (Fsp3) is 0.0417. The molecule has 7 nitrogen and oxygen atoms in total. The van der Waals surface area contributed by atoms with E-state index >= 15 is 0 Å². The summed E-state index contributed by atoms with van der Waals surface area (Å²) in [5.74, 6) is -0.0804. The van der Waals surface area contributed by atoms with Gasteiger partial charge in [0, 0.05) is 16.8 Å². The maximum atomic E-state index is 12.9. The van der Waals surface area contributed by atoms with Crippen LogP contribution in [0.25, 0.3) is 16.9 Å². The van der Waals surface area contributed by atoms with E-state index in [0.717, 1.165) is 11.3 Å². The molecule has 0 unspecified atom stereocenters. The number of amides is 1. The number of carbonyl (C=O) groups excluding carboxylic acids is 1. The van der Waals surface area contributed by atoms with Gasteiger partial charge in [-0.3, -0.25) is 4.79 Å². The molecule has 4 aromatic rings. The molecule has 3 aromatic carbocycles. The van der Waals surface area contributed by atoms with E-state index in [4.69, 9.17) is 16.3 Å². The molecule has 0 aliphatic carbocycles. The number of phenolic OH excluding ortho intramolecular Hbond substituents is 1. The zero-order valence-corrected chi connectivity index (χ0v) is 17.8. The van der Waals surface area contributed by atoms with Crippen molar-refractivity contribution in [2.75, 3.05) is 7.11 Å². The van der Waals surface area contributed by atoms with Gasteiger partial charge in [0.1, 0.15) is 5.69 Å². The second-order valence-electron chi connectivity index (χ2n) is 6.81. The molecular formula is C24H19ClN4O3. The second-order valence-corrected chi connectivity index (χ2v) is 7.25. The molecular weight excluding hydrogens is 428 g/mol. The van der Waals surface area contributed by atoms with Gasteiger partial charge in [0.25, 0.3) is 5.91 Å². The lowest BCUT2D eigenvalue weighted by Crippen LogP contribution is -2.18. The number of hydrazone groups is 1. The number of hydrogen-bond donors (Lipinski definition) is 2. The van der Waals surface area contributed by atoms with E-state index in [1.54, 1.807) is 35.1 Å². The Balaban J connectivity index is 1.63. The lowest BCUT2D eigenvalue weighted by atomic mass is 10.1. The van der Waals surface area contributed by atoms with E-state index < -0.39 is 5.91 Å². The molecule has 0 atom stereocenters. The molecule has 0 saturated carbocycles. The molecule has 2 N–H and O–H groups in total. The van der Waals surface area contributed by atoms with Gasteiger partial charge in [-0.25, -0.2) is 10.1 Å². The number of nitrogens with zero attached hydrogens (tertiary/aromatic N) is 3. The summed E-state index contributed by atoms with van der Waals surface area (Å²) in [6, 6.07) is 21.4. The fourth-order valence-electron chi connectivity index (χ4n) is 3.07. The van der Waals surface area contributed by atoms with Gasteiger partial charge in [-0.05, 0) is 48.0 Å². The first-order chi connectivity index (χ1) is 15.5. The SMILES string of the molecule is COc1cc(C=NNC(=O)c2cn(-c3ccccc3)nc2-c2ccc(Cl)cc2)ccc1O. The van der Waals surface area contributed by atoms with E-state index in [0.29, 0.717) is 27.6 Å². The Bertz CT molecular complexity index is 1270. The van der Waals surface area contributed by atoms with Crippen molar-refractivity contribution in [3.8, 4) is 28.4 Å². The van der Waals surface area contributed by atoms with E-state index in [-0.39, 0.29) is 5.75 Å². The van der Waals surface area contributed by atoms with Gasteiger partial charge in [-0.1, -0.05) is 41.9 Å². The third kappa shape index (κ3) is 4.63. The van der Waals surface area contributed by atoms with Crippen LogP contribution in [0.5, 0.6) is 11.5 Å².